The SMILES string of the molecule is COC[C@H]1C[C@@H](n2cnc3c(N[C@H]4CCN(c5cc(C(F)(F)F)ccn5)C4)ncnc32)[C@@H](O)[C@H]1O. The molecule has 0 amide bonds. The third kappa shape index (κ3) is 4.50. The van der Waals surface area contributed by atoms with Gasteiger partial charge in [-0.3, -0.25) is 0 Å². The molecule has 1 saturated heterocycles. The second kappa shape index (κ2) is 9.21. The fourth-order valence-corrected chi connectivity index (χ4v) is 5.00. The van der Waals surface area contributed by atoms with Crippen LogP contribution in [0.5, 0.6) is 0 Å². The summed E-state index contributed by atoms with van der Waals surface area (Å²) in [5.41, 5.74) is 0.306. The number of rotatable bonds is 6. The molecule has 0 spiro atoms. The third-order valence-corrected chi connectivity index (χ3v) is 6.79. The van der Waals surface area contributed by atoms with Crippen LogP contribution in [0.25, 0.3) is 11.2 Å². The Labute approximate surface area is 198 Å². The van der Waals surface area contributed by atoms with Gasteiger partial charge in [-0.25, -0.2) is 19.9 Å². The smallest absolute Gasteiger partial charge is 0.390 e. The van der Waals surface area contributed by atoms with Crippen molar-refractivity contribution in [3.05, 3.63) is 36.5 Å². The number of anilines is 2. The Morgan fingerprint density at radius 1 is 1.17 bits per heavy atom. The zero-order valence-electron chi connectivity index (χ0n) is 18.9. The second-order valence-electron chi connectivity index (χ2n) is 9.02. The number of imidazole rings is 1. The summed E-state index contributed by atoms with van der Waals surface area (Å²) >= 11 is 0. The van der Waals surface area contributed by atoms with E-state index in [0.717, 1.165) is 12.1 Å². The fourth-order valence-electron chi connectivity index (χ4n) is 5.00. The van der Waals surface area contributed by atoms with Crippen LogP contribution < -0.4 is 10.2 Å². The third-order valence-electron chi connectivity index (χ3n) is 6.79. The molecule has 2 fully saturated rings. The zero-order chi connectivity index (χ0) is 24.7. The van der Waals surface area contributed by atoms with Crippen molar-refractivity contribution < 1.29 is 28.1 Å². The molecule has 1 saturated carbocycles. The molecule has 188 valence electrons. The number of alkyl halides is 3. The molecule has 0 bridgehead atoms. The van der Waals surface area contributed by atoms with E-state index < -0.39 is 30.0 Å². The molecular formula is C22H26F3N7O3. The number of aromatic nitrogens is 5. The summed E-state index contributed by atoms with van der Waals surface area (Å²) in [6.45, 7) is 1.33. The Morgan fingerprint density at radius 3 is 2.77 bits per heavy atom. The number of ether oxygens (including phenoxy) is 1. The van der Waals surface area contributed by atoms with Crippen LogP contribution in [0.2, 0.25) is 0 Å². The van der Waals surface area contributed by atoms with Crippen molar-refractivity contribution in [2.75, 3.05) is 37.0 Å². The highest BCUT2D eigenvalue weighted by atomic mass is 19.4. The minimum atomic E-state index is -4.42. The lowest BCUT2D eigenvalue weighted by Gasteiger charge is -2.19. The van der Waals surface area contributed by atoms with Crippen LogP contribution in [0.4, 0.5) is 24.8 Å². The molecule has 0 radical (unpaired) electrons. The number of pyridine rings is 1. The van der Waals surface area contributed by atoms with Gasteiger partial charge in [-0.1, -0.05) is 0 Å². The summed E-state index contributed by atoms with van der Waals surface area (Å²) < 4.78 is 46.1. The predicted octanol–water partition coefficient (Wildman–Crippen LogP) is 1.86. The highest BCUT2D eigenvalue weighted by Gasteiger charge is 2.43. The molecule has 5 rings (SSSR count). The first kappa shape index (κ1) is 23.7. The Kier molecular flexibility index (Phi) is 6.23. The first-order valence-corrected chi connectivity index (χ1v) is 11.3. The molecule has 3 aromatic heterocycles. The van der Waals surface area contributed by atoms with Gasteiger partial charge in [-0.15, -0.1) is 0 Å². The van der Waals surface area contributed by atoms with Gasteiger partial charge in [0, 0.05) is 38.4 Å². The Balaban J connectivity index is 1.32. The highest BCUT2D eigenvalue weighted by Crippen LogP contribution is 2.37. The fraction of sp³-hybridized carbons (Fsp3) is 0.545. The minimum Gasteiger partial charge on any atom is -0.390 e. The zero-order valence-corrected chi connectivity index (χ0v) is 18.9. The van der Waals surface area contributed by atoms with E-state index in [4.69, 9.17) is 4.74 Å². The lowest BCUT2D eigenvalue weighted by molar-refractivity contribution is -0.137. The number of aliphatic hydroxyl groups is 2. The molecule has 2 aliphatic rings. The number of methoxy groups -OCH3 is 1. The minimum absolute atomic E-state index is 0.0837. The molecule has 0 unspecified atom stereocenters. The maximum Gasteiger partial charge on any atom is 0.416 e. The molecule has 0 aromatic carbocycles. The highest BCUT2D eigenvalue weighted by molar-refractivity contribution is 5.83. The van der Waals surface area contributed by atoms with Crippen molar-refractivity contribution in [1.82, 2.24) is 24.5 Å². The van der Waals surface area contributed by atoms with Gasteiger partial charge in [0.15, 0.2) is 11.5 Å². The number of nitrogens with one attached hydrogen (secondary N) is 1. The van der Waals surface area contributed by atoms with E-state index in [-0.39, 0.29) is 17.8 Å². The van der Waals surface area contributed by atoms with Crippen molar-refractivity contribution in [1.29, 1.82) is 0 Å². The largest absolute Gasteiger partial charge is 0.416 e. The predicted molar refractivity (Wildman–Crippen MR) is 120 cm³/mol. The van der Waals surface area contributed by atoms with Crippen LogP contribution in [0.15, 0.2) is 31.0 Å². The molecule has 3 aromatic rings. The number of hydrogen-bond acceptors (Lipinski definition) is 9. The maximum atomic E-state index is 13.1. The van der Waals surface area contributed by atoms with E-state index in [2.05, 4.69) is 25.3 Å². The molecule has 10 nitrogen and oxygen atoms in total. The molecule has 3 N–H and O–H groups in total. The van der Waals surface area contributed by atoms with Gasteiger partial charge in [0.2, 0.25) is 0 Å². The van der Waals surface area contributed by atoms with Crippen molar-refractivity contribution in [2.45, 2.75) is 43.3 Å². The van der Waals surface area contributed by atoms with Crippen LogP contribution in [0, 0.1) is 5.92 Å². The number of hydrogen-bond donors (Lipinski definition) is 3. The van der Waals surface area contributed by atoms with Crippen LogP contribution in [0.3, 0.4) is 0 Å². The summed E-state index contributed by atoms with van der Waals surface area (Å²) in [5, 5.41) is 24.3. The number of halogens is 3. The normalized spacial score (nSPS) is 27.1. The molecular weight excluding hydrogens is 467 g/mol. The summed E-state index contributed by atoms with van der Waals surface area (Å²) in [4.78, 5) is 19.0. The van der Waals surface area contributed by atoms with Crippen molar-refractivity contribution >= 4 is 22.8 Å². The first-order chi connectivity index (χ1) is 16.8. The summed E-state index contributed by atoms with van der Waals surface area (Å²) in [6, 6.07) is 1.53. The van der Waals surface area contributed by atoms with Gasteiger partial charge >= 0.3 is 6.18 Å². The van der Waals surface area contributed by atoms with Gasteiger partial charge in [0.1, 0.15) is 23.8 Å². The quantitative estimate of drug-likeness (QED) is 0.472. The average Bonchev–Trinajstić information content (AvgIpc) is 3.54. The van der Waals surface area contributed by atoms with Gasteiger partial charge in [0.25, 0.3) is 0 Å². The van der Waals surface area contributed by atoms with Crippen LogP contribution in [0.1, 0.15) is 24.4 Å². The number of aliphatic hydroxyl groups excluding tert-OH is 2. The lowest BCUT2D eigenvalue weighted by Crippen LogP contribution is -2.30. The lowest BCUT2D eigenvalue weighted by atomic mass is 10.1. The van der Waals surface area contributed by atoms with Crippen LogP contribution in [-0.4, -0.2) is 79.8 Å². The molecule has 5 atom stereocenters. The van der Waals surface area contributed by atoms with Crippen LogP contribution in [-0.2, 0) is 10.9 Å². The van der Waals surface area contributed by atoms with Gasteiger partial charge in [0.05, 0.1) is 30.6 Å². The Bertz CT molecular complexity index is 1190. The standard InChI is InChI=1S/C22H26F3N7O3/c1-35-9-12-6-15(19(34)18(12)33)32-11-29-17-20(27-10-28-21(17)32)30-14-3-5-31(8-14)16-7-13(2-4-26-16)22(23,24)25/h2,4,7,10-12,14-15,18-19,33-34H,3,5-6,8-9H2,1H3,(H,27,28,30)/t12-,14+,15-,18+,19-/m1/s1. The summed E-state index contributed by atoms with van der Waals surface area (Å²) in [5.74, 6) is 0.575. The van der Waals surface area contributed by atoms with Gasteiger partial charge < -0.3 is 29.7 Å². The molecule has 13 heteroatoms. The van der Waals surface area contributed by atoms with E-state index >= 15 is 0 Å². The second-order valence-corrected chi connectivity index (χ2v) is 9.02. The topological polar surface area (TPSA) is 121 Å². The molecule has 1 aliphatic heterocycles. The van der Waals surface area contributed by atoms with Crippen LogP contribution >= 0.6 is 0 Å². The molecule has 1 aliphatic carbocycles. The van der Waals surface area contributed by atoms with Gasteiger partial charge in [-0.05, 0) is 25.0 Å². The maximum absolute atomic E-state index is 13.1. The van der Waals surface area contributed by atoms with E-state index in [1.807, 2.05) is 0 Å². The molecule has 35 heavy (non-hydrogen) atoms. The number of fused-ring (bicyclic) bond motifs is 1. The monoisotopic (exact) mass is 493 g/mol. The average molecular weight is 493 g/mol. The number of nitrogens with zero attached hydrogens (tertiary/aromatic N) is 6. The van der Waals surface area contributed by atoms with E-state index in [1.54, 1.807) is 22.9 Å². The first-order valence-electron chi connectivity index (χ1n) is 11.3. The van der Waals surface area contributed by atoms with Gasteiger partial charge in [-0.2, -0.15) is 13.2 Å². The van der Waals surface area contributed by atoms with Crippen molar-refractivity contribution in [3.8, 4) is 0 Å². The van der Waals surface area contributed by atoms with Crippen molar-refractivity contribution in [2.24, 2.45) is 5.92 Å². The van der Waals surface area contributed by atoms with E-state index in [9.17, 15) is 23.4 Å². The Morgan fingerprint density at radius 2 is 2.00 bits per heavy atom. The van der Waals surface area contributed by atoms with Crippen molar-refractivity contribution in [3.63, 3.8) is 0 Å². The molecule has 4 heterocycles. The summed E-state index contributed by atoms with van der Waals surface area (Å²) in [6.07, 6.45) is -0.986. The Hall–Kier alpha value is -3.03. The van der Waals surface area contributed by atoms with E-state index in [1.165, 1.54) is 12.5 Å². The summed E-state index contributed by atoms with van der Waals surface area (Å²) in [7, 11) is 1.55. The van der Waals surface area contributed by atoms with E-state index in [0.29, 0.717) is 49.5 Å².